The molecule has 2 rings (SSSR count). The minimum absolute atomic E-state index is 0.0639. The van der Waals surface area contributed by atoms with Crippen LogP contribution in [0.4, 0.5) is 0 Å². The van der Waals surface area contributed by atoms with E-state index in [1.54, 1.807) is 7.11 Å². The van der Waals surface area contributed by atoms with Crippen LogP contribution >= 0.6 is 0 Å². The number of hydrogen-bond donors (Lipinski definition) is 0. The topological polar surface area (TPSA) is 126 Å². The second kappa shape index (κ2) is 32.4. The Morgan fingerprint density at radius 2 is 1.03 bits per heavy atom. The van der Waals surface area contributed by atoms with Gasteiger partial charge in [-0.3, -0.25) is 9.59 Å². The van der Waals surface area contributed by atoms with Gasteiger partial charge in [0.05, 0.1) is 98.7 Å². The lowest BCUT2D eigenvalue weighted by Gasteiger charge is -2.38. The molecule has 0 bridgehead atoms. The summed E-state index contributed by atoms with van der Waals surface area (Å²) >= 11 is 0. The fourth-order valence-corrected chi connectivity index (χ4v) is 7.41. The van der Waals surface area contributed by atoms with Crippen molar-refractivity contribution in [2.24, 2.45) is 17.8 Å². The van der Waals surface area contributed by atoms with Crippen LogP contribution in [0, 0.1) is 38.5 Å². The number of carbonyl (C=O) groups excluding carboxylic acids is 2. The Labute approximate surface area is 363 Å². The SMILES string of the molecule is COCCOCCOCCOCCOCCOCCOCCOC(=O)CCC(=O)Oc1c(C)c(C)c2c(c1C)CC[C@@](C)(CCC[C@H](C)CCC[C@H](C)CCCC(C)C)O2. The molecule has 1 aromatic carbocycles. The molecule has 0 radical (unpaired) electrons. The van der Waals surface area contributed by atoms with E-state index in [0.29, 0.717) is 85.0 Å². The molecule has 348 valence electrons. The first kappa shape index (κ1) is 53.8. The van der Waals surface area contributed by atoms with Crippen molar-refractivity contribution in [1.29, 1.82) is 0 Å². The van der Waals surface area contributed by atoms with Gasteiger partial charge >= 0.3 is 11.9 Å². The summed E-state index contributed by atoms with van der Waals surface area (Å²) in [6, 6.07) is 0. The maximum Gasteiger partial charge on any atom is 0.311 e. The Morgan fingerprint density at radius 3 is 1.53 bits per heavy atom. The number of benzene rings is 1. The molecule has 60 heavy (non-hydrogen) atoms. The zero-order valence-corrected chi connectivity index (χ0v) is 39.2. The first-order chi connectivity index (χ1) is 28.9. The first-order valence-corrected chi connectivity index (χ1v) is 23.0. The van der Waals surface area contributed by atoms with Crippen molar-refractivity contribution in [2.75, 3.05) is 99.6 Å². The minimum Gasteiger partial charge on any atom is -0.487 e. The Morgan fingerprint density at radius 1 is 0.583 bits per heavy atom. The monoisotopic (exact) mass is 853 g/mol. The van der Waals surface area contributed by atoms with Crippen molar-refractivity contribution in [2.45, 2.75) is 144 Å². The Kier molecular flexibility index (Phi) is 29.0. The third-order valence-corrected chi connectivity index (χ3v) is 11.4. The van der Waals surface area contributed by atoms with Crippen LogP contribution in [0.1, 0.15) is 134 Å². The van der Waals surface area contributed by atoms with Crippen LogP contribution in [0.5, 0.6) is 11.5 Å². The summed E-state index contributed by atoms with van der Waals surface area (Å²) in [5.41, 5.74) is 3.75. The molecule has 0 aromatic heterocycles. The number of ether oxygens (including phenoxy) is 10. The number of hydrogen-bond acceptors (Lipinski definition) is 12. The molecule has 1 aliphatic heterocycles. The highest BCUT2D eigenvalue weighted by Gasteiger charge is 2.35. The van der Waals surface area contributed by atoms with E-state index >= 15 is 0 Å². The van der Waals surface area contributed by atoms with Gasteiger partial charge in [0.15, 0.2) is 0 Å². The standard InChI is InChI=1S/C48H84O12/c1-37(2)13-10-14-38(3)15-11-16-39(4)17-12-21-48(8)22-20-43-42(7)46(40(5)41(6)47(43)60-48)59-45(50)19-18-44(49)58-36-35-57-34-33-56-32-31-55-30-29-54-28-27-53-26-25-52-24-23-51-9/h37-39H,10-36H2,1-9H3/t38-,39-,48-/m1/s1. The molecule has 0 fully saturated rings. The lowest BCUT2D eigenvalue weighted by Crippen LogP contribution is -2.37. The fraction of sp³-hybridized carbons (Fsp3) is 0.833. The number of methoxy groups -OCH3 is 1. The third kappa shape index (κ3) is 23.8. The van der Waals surface area contributed by atoms with Crippen LogP contribution in [0.2, 0.25) is 0 Å². The lowest BCUT2D eigenvalue weighted by molar-refractivity contribution is -0.148. The number of rotatable bonds is 37. The van der Waals surface area contributed by atoms with Gasteiger partial charge in [-0.1, -0.05) is 72.6 Å². The van der Waals surface area contributed by atoms with Gasteiger partial charge in [-0.15, -0.1) is 0 Å². The van der Waals surface area contributed by atoms with E-state index in [1.165, 1.54) is 44.9 Å². The summed E-state index contributed by atoms with van der Waals surface area (Å²) in [5.74, 6) is 2.97. The second-order valence-electron chi connectivity index (χ2n) is 17.3. The molecule has 1 aromatic rings. The predicted molar refractivity (Wildman–Crippen MR) is 235 cm³/mol. The van der Waals surface area contributed by atoms with Crippen LogP contribution in [-0.2, 0) is 53.9 Å². The molecule has 3 atom stereocenters. The molecule has 0 saturated heterocycles. The van der Waals surface area contributed by atoms with Crippen molar-refractivity contribution in [3.63, 3.8) is 0 Å². The van der Waals surface area contributed by atoms with E-state index in [9.17, 15) is 9.59 Å². The smallest absolute Gasteiger partial charge is 0.311 e. The number of esters is 2. The summed E-state index contributed by atoms with van der Waals surface area (Å²) in [6.45, 7) is 23.9. The molecule has 0 saturated carbocycles. The Hall–Kier alpha value is -2.32. The van der Waals surface area contributed by atoms with Crippen LogP contribution in [0.3, 0.4) is 0 Å². The molecule has 0 aliphatic carbocycles. The van der Waals surface area contributed by atoms with Gasteiger partial charge in [0.2, 0.25) is 0 Å². The molecule has 0 N–H and O–H groups in total. The first-order valence-electron chi connectivity index (χ1n) is 23.0. The Balaban J connectivity index is 1.55. The highest BCUT2D eigenvalue weighted by molar-refractivity contribution is 5.80. The van der Waals surface area contributed by atoms with Crippen LogP contribution in [0.25, 0.3) is 0 Å². The quantitative estimate of drug-likeness (QED) is 0.0360. The highest BCUT2D eigenvalue weighted by Crippen LogP contribution is 2.45. The summed E-state index contributed by atoms with van der Waals surface area (Å²) in [6.07, 6.45) is 13.2. The van der Waals surface area contributed by atoms with Gasteiger partial charge in [0, 0.05) is 12.7 Å². The fourth-order valence-electron chi connectivity index (χ4n) is 7.41. The van der Waals surface area contributed by atoms with E-state index in [2.05, 4.69) is 34.6 Å². The maximum atomic E-state index is 12.9. The van der Waals surface area contributed by atoms with Crippen molar-refractivity contribution in [1.82, 2.24) is 0 Å². The van der Waals surface area contributed by atoms with Crippen molar-refractivity contribution in [3.8, 4) is 11.5 Å². The molecule has 12 nitrogen and oxygen atoms in total. The van der Waals surface area contributed by atoms with Crippen molar-refractivity contribution in [3.05, 3.63) is 22.3 Å². The zero-order valence-electron chi connectivity index (χ0n) is 39.2. The van der Waals surface area contributed by atoms with E-state index in [0.717, 1.165) is 71.4 Å². The summed E-state index contributed by atoms with van der Waals surface area (Å²) in [7, 11) is 1.64. The Bertz CT molecular complexity index is 1300. The van der Waals surface area contributed by atoms with E-state index in [-0.39, 0.29) is 31.7 Å². The van der Waals surface area contributed by atoms with Crippen LogP contribution in [-0.4, -0.2) is 117 Å². The second-order valence-corrected chi connectivity index (χ2v) is 17.3. The van der Waals surface area contributed by atoms with E-state index in [1.807, 2.05) is 20.8 Å². The molecule has 12 heteroatoms. The summed E-state index contributed by atoms with van der Waals surface area (Å²) in [5, 5.41) is 0. The largest absolute Gasteiger partial charge is 0.487 e. The highest BCUT2D eigenvalue weighted by atomic mass is 16.6. The number of carbonyl (C=O) groups is 2. The van der Waals surface area contributed by atoms with Gasteiger partial charge in [0.1, 0.15) is 23.7 Å². The average Bonchev–Trinajstić information content (AvgIpc) is 3.21. The molecule has 1 heterocycles. The maximum absolute atomic E-state index is 12.9. The van der Waals surface area contributed by atoms with Gasteiger partial charge in [-0.05, 0) is 87.8 Å². The normalized spacial score (nSPS) is 16.1. The molecule has 1 aliphatic rings. The molecule has 0 spiro atoms. The molecular formula is C48H84O12. The van der Waals surface area contributed by atoms with Crippen molar-refractivity contribution >= 4 is 11.9 Å². The predicted octanol–water partition coefficient (Wildman–Crippen LogP) is 9.11. The van der Waals surface area contributed by atoms with Gasteiger partial charge in [-0.2, -0.15) is 0 Å². The van der Waals surface area contributed by atoms with E-state index in [4.69, 9.17) is 47.4 Å². The van der Waals surface area contributed by atoms with Crippen molar-refractivity contribution < 1.29 is 57.0 Å². The lowest BCUT2D eigenvalue weighted by atomic mass is 9.83. The van der Waals surface area contributed by atoms with Gasteiger partial charge in [0.25, 0.3) is 0 Å². The molecular weight excluding hydrogens is 769 g/mol. The summed E-state index contributed by atoms with van der Waals surface area (Å²) < 4.78 is 55.5. The molecule has 0 amide bonds. The third-order valence-electron chi connectivity index (χ3n) is 11.4. The van der Waals surface area contributed by atoms with Crippen LogP contribution in [0.15, 0.2) is 0 Å². The molecule has 0 unspecified atom stereocenters. The average molecular weight is 853 g/mol. The minimum atomic E-state index is -0.469. The number of fused-ring (bicyclic) bond motifs is 1. The zero-order chi connectivity index (χ0) is 44.0. The van der Waals surface area contributed by atoms with E-state index < -0.39 is 11.9 Å². The van der Waals surface area contributed by atoms with Gasteiger partial charge < -0.3 is 47.4 Å². The van der Waals surface area contributed by atoms with Crippen LogP contribution < -0.4 is 9.47 Å². The summed E-state index contributed by atoms with van der Waals surface area (Å²) in [4.78, 5) is 25.2. The van der Waals surface area contributed by atoms with Gasteiger partial charge in [-0.25, -0.2) is 0 Å².